The van der Waals surface area contributed by atoms with Crippen LogP contribution in [0.5, 0.6) is 11.5 Å². The lowest BCUT2D eigenvalue weighted by atomic mass is 10.1. The van der Waals surface area contributed by atoms with Gasteiger partial charge in [-0.05, 0) is 24.6 Å². The zero-order chi connectivity index (χ0) is 23.3. The van der Waals surface area contributed by atoms with Crippen molar-refractivity contribution in [3.8, 4) is 11.5 Å². The SMILES string of the molecule is COc1cc(S(=O)(=O)N2CCOCC2)cc(C(=O)NNC(=O)c2ccccc2C)c1OC. The third kappa shape index (κ3) is 4.85. The minimum Gasteiger partial charge on any atom is -0.493 e. The van der Waals surface area contributed by atoms with Crippen LogP contribution < -0.4 is 20.3 Å². The minimum absolute atomic E-state index is 0.0380. The zero-order valence-electron chi connectivity index (χ0n) is 18.0. The lowest BCUT2D eigenvalue weighted by molar-refractivity contribution is 0.0730. The molecule has 1 aliphatic rings. The summed E-state index contributed by atoms with van der Waals surface area (Å²) in [5, 5.41) is 0. The number of methoxy groups -OCH3 is 2. The van der Waals surface area contributed by atoms with Gasteiger partial charge in [0.15, 0.2) is 11.5 Å². The van der Waals surface area contributed by atoms with E-state index >= 15 is 0 Å². The second-order valence-electron chi connectivity index (χ2n) is 6.95. The molecule has 2 aromatic carbocycles. The number of carbonyl (C=O) groups excluding carboxylic acids is 2. The fourth-order valence-electron chi connectivity index (χ4n) is 3.27. The molecule has 10 nitrogen and oxygen atoms in total. The summed E-state index contributed by atoms with van der Waals surface area (Å²) in [7, 11) is -1.24. The van der Waals surface area contributed by atoms with Crippen molar-refractivity contribution in [1.29, 1.82) is 0 Å². The summed E-state index contributed by atoms with van der Waals surface area (Å²) in [5.41, 5.74) is 5.66. The molecule has 0 aliphatic carbocycles. The Bertz CT molecular complexity index is 1110. The highest BCUT2D eigenvalue weighted by Crippen LogP contribution is 2.35. The van der Waals surface area contributed by atoms with Gasteiger partial charge in [-0.1, -0.05) is 18.2 Å². The van der Waals surface area contributed by atoms with Crippen molar-refractivity contribution >= 4 is 21.8 Å². The summed E-state index contributed by atoms with van der Waals surface area (Å²) < 4.78 is 43.2. The van der Waals surface area contributed by atoms with E-state index in [1.807, 2.05) is 0 Å². The Morgan fingerprint density at radius 2 is 1.59 bits per heavy atom. The predicted octanol–water partition coefficient (Wildman–Crippen LogP) is 1.11. The Balaban J connectivity index is 1.90. The molecule has 2 amide bonds. The molecule has 0 aromatic heterocycles. The summed E-state index contributed by atoms with van der Waals surface area (Å²) in [5.74, 6) is -1.17. The lowest BCUT2D eigenvalue weighted by Gasteiger charge is -2.26. The number of hydrogen-bond donors (Lipinski definition) is 2. The molecule has 11 heteroatoms. The van der Waals surface area contributed by atoms with Crippen molar-refractivity contribution < 1.29 is 32.2 Å². The normalized spacial score (nSPS) is 14.5. The molecule has 0 unspecified atom stereocenters. The topological polar surface area (TPSA) is 123 Å². The third-order valence-corrected chi connectivity index (χ3v) is 6.86. The maximum absolute atomic E-state index is 13.1. The first-order chi connectivity index (χ1) is 15.3. The van der Waals surface area contributed by atoms with Crippen molar-refractivity contribution in [2.45, 2.75) is 11.8 Å². The Morgan fingerprint density at radius 3 is 2.19 bits per heavy atom. The van der Waals surface area contributed by atoms with E-state index in [-0.39, 0.29) is 48.3 Å². The molecule has 0 radical (unpaired) electrons. The Hall–Kier alpha value is -3.15. The van der Waals surface area contributed by atoms with Crippen molar-refractivity contribution in [2.75, 3.05) is 40.5 Å². The maximum Gasteiger partial charge on any atom is 0.273 e. The number of benzene rings is 2. The van der Waals surface area contributed by atoms with Gasteiger partial charge in [-0.15, -0.1) is 0 Å². The van der Waals surface area contributed by atoms with E-state index in [4.69, 9.17) is 14.2 Å². The fourth-order valence-corrected chi connectivity index (χ4v) is 4.72. The van der Waals surface area contributed by atoms with Gasteiger partial charge < -0.3 is 14.2 Å². The average Bonchev–Trinajstić information content (AvgIpc) is 2.82. The van der Waals surface area contributed by atoms with E-state index in [1.165, 1.54) is 30.7 Å². The number of aryl methyl sites for hydroxylation is 1. The zero-order valence-corrected chi connectivity index (χ0v) is 18.8. The number of morpholine rings is 1. The van der Waals surface area contributed by atoms with Gasteiger partial charge >= 0.3 is 0 Å². The molecule has 1 fully saturated rings. The Labute approximate surface area is 186 Å². The number of hydrogen-bond acceptors (Lipinski definition) is 7. The molecule has 3 rings (SSSR count). The molecule has 1 aliphatic heterocycles. The molecule has 0 saturated carbocycles. The van der Waals surface area contributed by atoms with Crippen LogP contribution in [-0.2, 0) is 14.8 Å². The van der Waals surface area contributed by atoms with Gasteiger partial charge in [0.1, 0.15) is 0 Å². The van der Waals surface area contributed by atoms with E-state index in [0.717, 1.165) is 5.56 Å². The molecule has 1 heterocycles. The molecule has 0 atom stereocenters. The number of sulfonamides is 1. The number of nitrogens with zero attached hydrogens (tertiary/aromatic N) is 1. The van der Waals surface area contributed by atoms with E-state index in [2.05, 4.69) is 10.9 Å². The van der Waals surface area contributed by atoms with Crippen LogP contribution in [0.4, 0.5) is 0 Å². The van der Waals surface area contributed by atoms with Gasteiger partial charge in [0.25, 0.3) is 11.8 Å². The molecule has 32 heavy (non-hydrogen) atoms. The summed E-state index contributed by atoms with van der Waals surface area (Å²) in [4.78, 5) is 25.2. The second kappa shape index (κ2) is 9.98. The summed E-state index contributed by atoms with van der Waals surface area (Å²) >= 11 is 0. The van der Waals surface area contributed by atoms with E-state index < -0.39 is 21.8 Å². The second-order valence-corrected chi connectivity index (χ2v) is 8.88. The monoisotopic (exact) mass is 463 g/mol. The molecular formula is C21H25N3O7S. The molecule has 1 saturated heterocycles. The van der Waals surface area contributed by atoms with E-state index in [1.54, 1.807) is 31.2 Å². The predicted molar refractivity (Wildman–Crippen MR) is 115 cm³/mol. The number of rotatable bonds is 6. The number of amides is 2. The van der Waals surface area contributed by atoms with Crippen molar-refractivity contribution in [2.24, 2.45) is 0 Å². The lowest BCUT2D eigenvalue weighted by Crippen LogP contribution is -2.42. The highest BCUT2D eigenvalue weighted by atomic mass is 32.2. The van der Waals surface area contributed by atoms with Crippen LogP contribution in [0, 0.1) is 6.92 Å². The average molecular weight is 464 g/mol. The van der Waals surface area contributed by atoms with Crippen LogP contribution in [0.25, 0.3) is 0 Å². The van der Waals surface area contributed by atoms with Crippen LogP contribution >= 0.6 is 0 Å². The quantitative estimate of drug-likeness (QED) is 0.615. The van der Waals surface area contributed by atoms with Crippen molar-refractivity contribution in [3.63, 3.8) is 0 Å². The molecule has 2 N–H and O–H groups in total. The van der Waals surface area contributed by atoms with Crippen LogP contribution in [0.2, 0.25) is 0 Å². The Kier molecular flexibility index (Phi) is 7.33. The first kappa shape index (κ1) is 23.5. The van der Waals surface area contributed by atoms with Crippen molar-refractivity contribution in [1.82, 2.24) is 15.2 Å². The third-order valence-electron chi connectivity index (χ3n) is 4.98. The maximum atomic E-state index is 13.1. The van der Waals surface area contributed by atoms with Crippen LogP contribution in [0.1, 0.15) is 26.3 Å². The number of carbonyl (C=O) groups is 2. The smallest absolute Gasteiger partial charge is 0.273 e. The standard InChI is InChI=1S/C21H25N3O7S/c1-14-6-4-5-7-16(14)20(25)22-23-21(26)17-12-15(13-18(29-2)19(17)30-3)32(27,28)24-8-10-31-11-9-24/h4-7,12-13H,8-11H2,1-3H3,(H,22,25)(H,23,26). The number of nitrogens with one attached hydrogen (secondary N) is 2. The van der Waals surface area contributed by atoms with Crippen LogP contribution in [0.15, 0.2) is 41.3 Å². The number of hydrazine groups is 1. The Morgan fingerprint density at radius 1 is 0.969 bits per heavy atom. The first-order valence-corrected chi connectivity index (χ1v) is 11.2. The highest BCUT2D eigenvalue weighted by Gasteiger charge is 2.30. The van der Waals surface area contributed by atoms with Gasteiger partial charge in [-0.3, -0.25) is 20.4 Å². The summed E-state index contributed by atoms with van der Waals surface area (Å²) in [6.07, 6.45) is 0. The summed E-state index contributed by atoms with van der Waals surface area (Å²) in [6.45, 7) is 2.73. The molecular weight excluding hydrogens is 438 g/mol. The minimum atomic E-state index is -3.91. The van der Waals surface area contributed by atoms with Gasteiger partial charge in [0.2, 0.25) is 10.0 Å². The molecule has 0 spiro atoms. The molecule has 2 aromatic rings. The highest BCUT2D eigenvalue weighted by molar-refractivity contribution is 7.89. The molecule has 0 bridgehead atoms. The molecule has 172 valence electrons. The number of ether oxygens (including phenoxy) is 3. The van der Waals surface area contributed by atoms with Crippen LogP contribution in [0.3, 0.4) is 0 Å². The van der Waals surface area contributed by atoms with Gasteiger partial charge in [0.05, 0.1) is 37.9 Å². The van der Waals surface area contributed by atoms with Gasteiger partial charge in [-0.2, -0.15) is 4.31 Å². The summed E-state index contributed by atoms with van der Waals surface area (Å²) in [6, 6.07) is 9.38. The van der Waals surface area contributed by atoms with Gasteiger partial charge in [-0.25, -0.2) is 8.42 Å². The largest absolute Gasteiger partial charge is 0.493 e. The van der Waals surface area contributed by atoms with E-state index in [9.17, 15) is 18.0 Å². The van der Waals surface area contributed by atoms with Gasteiger partial charge in [0, 0.05) is 24.7 Å². The van der Waals surface area contributed by atoms with E-state index in [0.29, 0.717) is 5.56 Å². The fraction of sp³-hybridized carbons (Fsp3) is 0.333. The van der Waals surface area contributed by atoms with Crippen molar-refractivity contribution in [3.05, 3.63) is 53.1 Å². The first-order valence-electron chi connectivity index (χ1n) is 9.79. The van der Waals surface area contributed by atoms with Crippen LogP contribution in [-0.4, -0.2) is 65.1 Å².